The summed E-state index contributed by atoms with van der Waals surface area (Å²) in [5.41, 5.74) is -0.528. The van der Waals surface area contributed by atoms with Gasteiger partial charge < -0.3 is 14.6 Å². The molecule has 1 aliphatic heterocycles. The number of hydrogen-bond acceptors (Lipinski definition) is 3. The Kier molecular flexibility index (Phi) is 7.49. The molecule has 0 aromatic heterocycles. The fourth-order valence-corrected chi connectivity index (χ4v) is 1.14. The van der Waals surface area contributed by atoms with Crippen LogP contribution < -0.4 is 0 Å². The first-order valence-electron chi connectivity index (χ1n) is 5.00. The molecule has 1 fully saturated rings. The Morgan fingerprint density at radius 2 is 2.07 bits per heavy atom. The molecule has 1 heterocycles. The van der Waals surface area contributed by atoms with Crippen molar-refractivity contribution >= 4 is 0 Å². The predicted octanol–water partition coefficient (Wildman–Crippen LogP) is 1.34. The largest absolute Gasteiger partial charge is 0.390 e. The van der Waals surface area contributed by atoms with Crippen LogP contribution in [0, 0.1) is 0 Å². The maximum Gasteiger partial charge on any atom is 0.104 e. The maximum absolute atomic E-state index is 9.41. The molecule has 0 aliphatic carbocycles. The van der Waals surface area contributed by atoms with Gasteiger partial charge in [-0.15, -0.1) is 0 Å². The molecular weight excluding hydrogens is 259 g/mol. The molecule has 4 heteroatoms. The minimum absolute atomic E-state index is 0. The molecule has 1 saturated heterocycles. The molecule has 14 heavy (non-hydrogen) atoms. The molecule has 0 radical (unpaired) electrons. The van der Waals surface area contributed by atoms with Gasteiger partial charge in [-0.1, -0.05) is 0 Å². The number of rotatable bonds is 7. The van der Waals surface area contributed by atoms with Gasteiger partial charge >= 0.3 is 0 Å². The predicted molar refractivity (Wildman–Crippen MR) is 50.7 cm³/mol. The van der Waals surface area contributed by atoms with E-state index in [-0.39, 0.29) is 26.2 Å². The second kappa shape index (κ2) is 7.11. The summed E-state index contributed by atoms with van der Waals surface area (Å²) in [4.78, 5) is 0. The zero-order valence-electron chi connectivity index (χ0n) is 9.08. The van der Waals surface area contributed by atoms with Crippen molar-refractivity contribution in [1.29, 1.82) is 0 Å². The minimum atomic E-state index is -0.528. The molecule has 0 amide bonds. The van der Waals surface area contributed by atoms with E-state index < -0.39 is 5.60 Å². The molecule has 82 valence electrons. The van der Waals surface area contributed by atoms with Crippen molar-refractivity contribution in [3.05, 3.63) is 0 Å². The first-order chi connectivity index (χ1) is 6.08. The Balaban J connectivity index is 0.00000169. The summed E-state index contributed by atoms with van der Waals surface area (Å²) in [6.07, 6.45) is 3.26. The second-order valence-corrected chi connectivity index (χ2v) is 4.30. The first-order valence-corrected chi connectivity index (χ1v) is 5.00. The number of hydrogen-bond donors (Lipinski definition) is 1. The first kappa shape index (κ1) is 14.8. The second-order valence-electron chi connectivity index (χ2n) is 4.30. The summed E-state index contributed by atoms with van der Waals surface area (Å²) < 4.78 is 10.4. The van der Waals surface area contributed by atoms with Crippen LogP contribution in [-0.4, -0.2) is 36.6 Å². The number of epoxide rings is 1. The van der Waals surface area contributed by atoms with Crippen LogP contribution in [0.1, 0.15) is 33.1 Å². The number of aliphatic hydroxyl groups is 1. The van der Waals surface area contributed by atoms with E-state index in [0.717, 1.165) is 39.1 Å². The normalized spacial score (nSPS) is 20.4. The Morgan fingerprint density at radius 3 is 2.57 bits per heavy atom. The van der Waals surface area contributed by atoms with Gasteiger partial charge in [-0.2, -0.15) is 0 Å². The topological polar surface area (TPSA) is 42.0 Å². The Labute approximate surface area is 105 Å². The van der Waals surface area contributed by atoms with Gasteiger partial charge in [-0.25, -0.2) is 0 Å². The van der Waals surface area contributed by atoms with Gasteiger partial charge in [0.05, 0.1) is 18.8 Å². The third-order valence-corrected chi connectivity index (χ3v) is 2.03. The zero-order valence-corrected chi connectivity index (χ0v) is 11.5. The van der Waals surface area contributed by atoms with Crippen molar-refractivity contribution in [2.45, 2.75) is 44.8 Å². The Bertz CT molecular complexity index is 141. The van der Waals surface area contributed by atoms with Crippen molar-refractivity contribution in [1.82, 2.24) is 0 Å². The smallest absolute Gasteiger partial charge is 0.104 e. The molecule has 0 saturated carbocycles. The van der Waals surface area contributed by atoms with Crippen LogP contribution in [0.4, 0.5) is 0 Å². The number of ether oxygens (including phenoxy) is 2. The van der Waals surface area contributed by atoms with Gasteiger partial charge in [-0.05, 0) is 33.1 Å². The van der Waals surface area contributed by atoms with E-state index in [4.69, 9.17) is 9.47 Å². The summed E-state index contributed by atoms with van der Waals surface area (Å²) in [7, 11) is 0. The minimum Gasteiger partial charge on any atom is -0.390 e. The fourth-order valence-electron chi connectivity index (χ4n) is 1.14. The van der Waals surface area contributed by atoms with Crippen molar-refractivity contribution in [3.8, 4) is 0 Å². The monoisotopic (exact) mass is 278 g/mol. The molecule has 1 rings (SSSR count). The van der Waals surface area contributed by atoms with Crippen molar-refractivity contribution in [2.75, 3.05) is 19.8 Å². The summed E-state index contributed by atoms with van der Waals surface area (Å²) in [5, 5.41) is 9.41. The van der Waals surface area contributed by atoms with Crippen LogP contribution in [0.3, 0.4) is 0 Å². The summed E-state index contributed by atoms with van der Waals surface area (Å²) in [5.74, 6) is 0. The van der Waals surface area contributed by atoms with E-state index in [1.165, 1.54) is 0 Å². The quantitative estimate of drug-likeness (QED) is 0.565. The SMILES string of the molecule is CC(C)(O)CCCCOCC1CO1.[Zr]. The average Bonchev–Trinajstić information content (AvgIpc) is 2.77. The maximum atomic E-state index is 9.41. The van der Waals surface area contributed by atoms with E-state index in [1.807, 2.05) is 13.8 Å². The van der Waals surface area contributed by atoms with Crippen LogP contribution in [0.25, 0.3) is 0 Å². The van der Waals surface area contributed by atoms with Gasteiger partial charge in [0, 0.05) is 32.8 Å². The van der Waals surface area contributed by atoms with Crippen molar-refractivity contribution in [2.24, 2.45) is 0 Å². The molecule has 1 atom stereocenters. The van der Waals surface area contributed by atoms with Gasteiger partial charge in [0.25, 0.3) is 0 Å². The Hall–Kier alpha value is 0.763. The van der Waals surface area contributed by atoms with Crippen LogP contribution in [0.5, 0.6) is 0 Å². The molecule has 1 unspecified atom stereocenters. The molecular formula is C10H20O3Zr. The van der Waals surface area contributed by atoms with E-state index in [9.17, 15) is 5.11 Å². The van der Waals surface area contributed by atoms with E-state index >= 15 is 0 Å². The zero-order chi connectivity index (χ0) is 9.73. The van der Waals surface area contributed by atoms with Crippen LogP contribution in [0.2, 0.25) is 0 Å². The fraction of sp³-hybridized carbons (Fsp3) is 1.00. The van der Waals surface area contributed by atoms with Crippen LogP contribution in [0.15, 0.2) is 0 Å². The van der Waals surface area contributed by atoms with Crippen LogP contribution >= 0.6 is 0 Å². The van der Waals surface area contributed by atoms with E-state index in [2.05, 4.69) is 0 Å². The van der Waals surface area contributed by atoms with Gasteiger partial charge in [0.2, 0.25) is 0 Å². The molecule has 1 N–H and O–H groups in total. The van der Waals surface area contributed by atoms with Crippen LogP contribution in [-0.2, 0) is 35.7 Å². The van der Waals surface area contributed by atoms with E-state index in [0.29, 0.717) is 6.10 Å². The van der Waals surface area contributed by atoms with Crippen molar-refractivity contribution in [3.63, 3.8) is 0 Å². The average molecular weight is 279 g/mol. The van der Waals surface area contributed by atoms with Gasteiger partial charge in [0.1, 0.15) is 6.10 Å². The summed E-state index contributed by atoms with van der Waals surface area (Å²) >= 11 is 0. The molecule has 0 spiro atoms. The molecule has 1 aliphatic rings. The van der Waals surface area contributed by atoms with E-state index in [1.54, 1.807) is 0 Å². The molecule has 0 aromatic rings. The third-order valence-electron chi connectivity index (χ3n) is 2.03. The standard InChI is InChI=1S/C10H20O3.Zr/c1-10(2,11)5-3-4-6-12-7-9-8-13-9;/h9,11H,3-8H2,1-2H3;. The molecule has 0 bridgehead atoms. The van der Waals surface area contributed by atoms with Crippen molar-refractivity contribution < 1.29 is 40.8 Å². The molecule has 3 nitrogen and oxygen atoms in total. The van der Waals surface area contributed by atoms with Gasteiger partial charge in [0.15, 0.2) is 0 Å². The summed E-state index contributed by atoms with van der Waals surface area (Å²) in [6, 6.07) is 0. The summed E-state index contributed by atoms with van der Waals surface area (Å²) in [6.45, 7) is 6.07. The Morgan fingerprint density at radius 1 is 1.43 bits per heavy atom. The number of unbranched alkanes of at least 4 members (excludes halogenated alkanes) is 1. The molecule has 0 aromatic carbocycles. The van der Waals surface area contributed by atoms with Gasteiger partial charge in [-0.3, -0.25) is 0 Å². The third kappa shape index (κ3) is 9.32.